The molecule has 0 bridgehead atoms. The van der Waals surface area contributed by atoms with Gasteiger partial charge in [0.15, 0.2) is 11.5 Å². The third kappa shape index (κ3) is 4.64. The lowest BCUT2D eigenvalue weighted by Gasteiger charge is -2.26. The number of methoxy groups -OCH3 is 2. The number of hydrogen-bond donors (Lipinski definition) is 1. The molecule has 0 aliphatic heterocycles. The fraction of sp³-hybridized carbons (Fsp3) is 0.571. The molecule has 0 radical (unpaired) electrons. The van der Waals surface area contributed by atoms with Crippen molar-refractivity contribution in [2.45, 2.75) is 58.0 Å². The van der Waals surface area contributed by atoms with Crippen LogP contribution in [-0.2, 0) is 11.3 Å². The van der Waals surface area contributed by atoms with E-state index < -0.39 is 0 Å². The van der Waals surface area contributed by atoms with E-state index in [1.807, 2.05) is 0 Å². The lowest BCUT2D eigenvalue weighted by molar-refractivity contribution is -0.122. The van der Waals surface area contributed by atoms with E-state index in [-0.39, 0.29) is 11.5 Å². The van der Waals surface area contributed by atoms with E-state index in [0.29, 0.717) is 47.8 Å². The first-order valence-corrected chi connectivity index (χ1v) is 9.92. The summed E-state index contributed by atoms with van der Waals surface area (Å²) in [4.78, 5) is 29.3. The predicted molar refractivity (Wildman–Crippen MR) is 108 cm³/mol. The van der Waals surface area contributed by atoms with Gasteiger partial charge in [0.2, 0.25) is 5.91 Å². The molecule has 1 aliphatic carbocycles. The highest BCUT2D eigenvalue weighted by Gasteiger charge is 2.19. The van der Waals surface area contributed by atoms with Crippen LogP contribution in [0, 0.1) is 5.92 Å². The predicted octanol–water partition coefficient (Wildman–Crippen LogP) is 2.89. The summed E-state index contributed by atoms with van der Waals surface area (Å²) >= 11 is 0. The summed E-state index contributed by atoms with van der Waals surface area (Å²) in [6, 6.07) is 3.64. The summed E-state index contributed by atoms with van der Waals surface area (Å²) in [6.45, 7) is 2.71. The van der Waals surface area contributed by atoms with Crippen molar-refractivity contribution in [1.82, 2.24) is 14.9 Å². The van der Waals surface area contributed by atoms with E-state index in [2.05, 4.69) is 17.2 Å². The minimum Gasteiger partial charge on any atom is -0.493 e. The van der Waals surface area contributed by atoms with Crippen LogP contribution >= 0.6 is 0 Å². The lowest BCUT2D eigenvalue weighted by atomic mass is 9.87. The Labute approximate surface area is 165 Å². The van der Waals surface area contributed by atoms with Crippen LogP contribution in [0.15, 0.2) is 23.3 Å². The van der Waals surface area contributed by atoms with E-state index in [0.717, 1.165) is 18.8 Å². The van der Waals surface area contributed by atoms with Crippen LogP contribution < -0.4 is 20.3 Å². The molecule has 28 heavy (non-hydrogen) atoms. The monoisotopic (exact) mass is 387 g/mol. The molecular weight excluding hydrogens is 358 g/mol. The molecule has 1 amide bonds. The zero-order valence-electron chi connectivity index (χ0n) is 16.9. The highest BCUT2D eigenvalue weighted by atomic mass is 16.5. The molecule has 1 heterocycles. The molecule has 2 aromatic rings. The maximum absolute atomic E-state index is 12.7. The molecule has 1 saturated carbocycles. The molecule has 0 atom stereocenters. The lowest BCUT2D eigenvalue weighted by Crippen LogP contribution is -2.37. The highest BCUT2D eigenvalue weighted by Crippen LogP contribution is 2.29. The van der Waals surface area contributed by atoms with Crippen molar-refractivity contribution in [1.29, 1.82) is 0 Å². The standard InChI is InChI=1S/C21H29N3O4/c1-14-6-8-15(9-7-14)23-20(25)5-4-10-24-13-22-17-12-19(28-3)18(27-2)11-16(17)21(24)26/h11-15H,4-10H2,1-3H3,(H,23,25). The number of amides is 1. The molecule has 7 nitrogen and oxygen atoms in total. The van der Waals surface area contributed by atoms with Gasteiger partial charge >= 0.3 is 0 Å². The van der Waals surface area contributed by atoms with Crippen molar-refractivity contribution in [2.75, 3.05) is 14.2 Å². The summed E-state index contributed by atoms with van der Waals surface area (Å²) in [5, 5.41) is 3.60. The number of aryl methyl sites for hydroxylation is 1. The molecule has 0 saturated heterocycles. The Morgan fingerprint density at radius 1 is 1.18 bits per heavy atom. The van der Waals surface area contributed by atoms with Crippen LogP contribution in [0.2, 0.25) is 0 Å². The van der Waals surface area contributed by atoms with Gasteiger partial charge in [-0.1, -0.05) is 6.92 Å². The average Bonchev–Trinajstić information content (AvgIpc) is 2.70. The number of benzene rings is 1. The smallest absolute Gasteiger partial charge is 0.261 e. The number of ether oxygens (including phenoxy) is 2. The topological polar surface area (TPSA) is 82.5 Å². The number of nitrogens with zero attached hydrogens (tertiary/aromatic N) is 2. The summed E-state index contributed by atoms with van der Waals surface area (Å²) in [6.07, 6.45) is 7.00. The van der Waals surface area contributed by atoms with E-state index in [4.69, 9.17) is 9.47 Å². The number of hydrogen-bond acceptors (Lipinski definition) is 5. The number of fused-ring (bicyclic) bond motifs is 1. The van der Waals surface area contributed by atoms with Crippen LogP contribution in [0.4, 0.5) is 0 Å². The Morgan fingerprint density at radius 2 is 1.86 bits per heavy atom. The quantitative estimate of drug-likeness (QED) is 0.790. The Hall–Kier alpha value is -2.57. The average molecular weight is 387 g/mol. The molecule has 152 valence electrons. The summed E-state index contributed by atoms with van der Waals surface area (Å²) in [5.41, 5.74) is 0.413. The van der Waals surface area contributed by atoms with Gasteiger partial charge in [0.25, 0.3) is 5.56 Å². The second-order valence-corrected chi connectivity index (χ2v) is 7.60. The minimum atomic E-state index is -0.146. The van der Waals surface area contributed by atoms with E-state index in [1.54, 1.807) is 23.8 Å². The summed E-state index contributed by atoms with van der Waals surface area (Å²) in [7, 11) is 3.08. The van der Waals surface area contributed by atoms with Crippen molar-refractivity contribution in [3.8, 4) is 11.5 Å². The van der Waals surface area contributed by atoms with Gasteiger partial charge in [-0.05, 0) is 44.1 Å². The van der Waals surface area contributed by atoms with Crippen molar-refractivity contribution in [3.05, 3.63) is 28.8 Å². The van der Waals surface area contributed by atoms with E-state index in [1.165, 1.54) is 26.3 Å². The first-order valence-electron chi connectivity index (χ1n) is 9.92. The first kappa shape index (κ1) is 20.2. The van der Waals surface area contributed by atoms with Crippen LogP contribution in [0.5, 0.6) is 11.5 Å². The van der Waals surface area contributed by atoms with Gasteiger partial charge < -0.3 is 14.8 Å². The van der Waals surface area contributed by atoms with Crippen molar-refractivity contribution in [2.24, 2.45) is 5.92 Å². The largest absolute Gasteiger partial charge is 0.493 e. The molecule has 7 heteroatoms. The van der Waals surface area contributed by atoms with E-state index >= 15 is 0 Å². The second kappa shape index (κ2) is 9.08. The molecule has 1 aromatic heterocycles. The van der Waals surface area contributed by atoms with Crippen LogP contribution in [0.1, 0.15) is 45.4 Å². The summed E-state index contributed by atoms with van der Waals surface area (Å²) < 4.78 is 12.1. The van der Waals surface area contributed by atoms with Crippen LogP contribution in [0.3, 0.4) is 0 Å². The number of rotatable bonds is 7. The van der Waals surface area contributed by atoms with Crippen LogP contribution in [0.25, 0.3) is 10.9 Å². The number of carbonyl (C=O) groups excluding carboxylic acids is 1. The molecule has 1 aliphatic rings. The Morgan fingerprint density at radius 3 is 2.54 bits per heavy atom. The molecule has 1 N–H and O–H groups in total. The van der Waals surface area contributed by atoms with Gasteiger partial charge in [0, 0.05) is 25.1 Å². The maximum atomic E-state index is 12.7. The SMILES string of the molecule is COc1cc2ncn(CCCC(=O)NC3CCC(C)CC3)c(=O)c2cc1OC. The Kier molecular flexibility index (Phi) is 6.54. The zero-order chi connectivity index (χ0) is 20.1. The fourth-order valence-corrected chi connectivity index (χ4v) is 3.76. The number of nitrogens with one attached hydrogen (secondary N) is 1. The normalized spacial score (nSPS) is 19.4. The molecule has 0 unspecified atom stereocenters. The van der Waals surface area contributed by atoms with Gasteiger partial charge in [-0.2, -0.15) is 0 Å². The van der Waals surface area contributed by atoms with Gasteiger partial charge in [0.05, 0.1) is 31.4 Å². The molecule has 0 spiro atoms. The Balaban J connectivity index is 1.60. The minimum absolute atomic E-state index is 0.0627. The van der Waals surface area contributed by atoms with Gasteiger partial charge in [-0.25, -0.2) is 4.98 Å². The zero-order valence-corrected chi connectivity index (χ0v) is 16.9. The summed E-state index contributed by atoms with van der Waals surface area (Å²) in [5.74, 6) is 1.85. The van der Waals surface area contributed by atoms with Crippen molar-refractivity contribution >= 4 is 16.8 Å². The van der Waals surface area contributed by atoms with Crippen molar-refractivity contribution < 1.29 is 14.3 Å². The third-order valence-corrected chi connectivity index (χ3v) is 5.51. The van der Waals surface area contributed by atoms with Gasteiger partial charge in [0.1, 0.15) is 0 Å². The van der Waals surface area contributed by atoms with E-state index in [9.17, 15) is 9.59 Å². The third-order valence-electron chi connectivity index (χ3n) is 5.51. The molecule has 1 aromatic carbocycles. The maximum Gasteiger partial charge on any atom is 0.261 e. The van der Waals surface area contributed by atoms with Gasteiger partial charge in [-0.15, -0.1) is 0 Å². The number of aromatic nitrogens is 2. The second-order valence-electron chi connectivity index (χ2n) is 7.60. The first-order chi connectivity index (χ1) is 13.5. The van der Waals surface area contributed by atoms with Crippen LogP contribution in [-0.4, -0.2) is 35.7 Å². The Bertz CT molecular complexity index is 885. The molecular formula is C21H29N3O4. The fourth-order valence-electron chi connectivity index (χ4n) is 3.76. The van der Waals surface area contributed by atoms with Gasteiger partial charge in [-0.3, -0.25) is 14.2 Å². The highest BCUT2D eigenvalue weighted by molar-refractivity contribution is 5.81. The molecule has 3 rings (SSSR count). The number of carbonyl (C=O) groups is 1. The molecule has 1 fully saturated rings. The van der Waals surface area contributed by atoms with Crippen molar-refractivity contribution in [3.63, 3.8) is 0 Å².